The third-order valence-electron chi connectivity index (χ3n) is 4.57. The van der Waals surface area contributed by atoms with Crippen LogP contribution in [0.5, 0.6) is 0 Å². The van der Waals surface area contributed by atoms with Crippen LogP contribution in [-0.4, -0.2) is 36.5 Å². The zero-order valence-corrected chi connectivity index (χ0v) is 12.9. The summed E-state index contributed by atoms with van der Waals surface area (Å²) >= 11 is 0. The van der Waals surface area contributed by atoms with Crippen LogP contribution in [0.2, 0.25) is 0 Å². The van der Waals surface area contributed by atoms with Crippen LogP contribution in [0.15, 0.2) is 0 Å². The Labute approximate surface area is 126 Å². The molecule has 2 fully saturated rings. The van der Waals surface area contributed by atoms with Gasteiger partial charge >= 0.3 is 5.97 Å². The number of ether oxygens (including phenoxy) is 1. The molecule has 1 heterocycles. The highest BCUT2D eigenvalue weighted by molar-refractivity contribution is 5.79. The van der Waals surface area contributed by atoms with Crippen LogP contribution >= 0.6 is 0 Å². The van der Waals surface area contributed by atoms with Crippen molar-refractivity contribution < 1.29 is 14.3 Å². The summed E-state index contributed by atoms with van der Waals surface area (Å²) in [4.78, 5) is 25.8. The summed E-state index contributed by atoms with van der Waals surface area (Å²) in [6, 6.07) is 2.17. The Morgan fingerprint density at radius 1 is 1.33 bits per heavy atom. The number of nitriles is 1. The molecule has 1 amide bonds. The highest BCUT2D eigenvalue weighted by Crippen LogP contribution is 2.48. The van der Waals surface area contributed by atoms with Gasteiger partial charge in [-0.2, -0.15) is 5.26 Å². The van der Waals surface area contributed by atoms with E-state index in [1.807, 2.05) is 18.7 Å². The highest BCUT2D eigenvalue weighted by atomic mass is 16.5. The van der Waals surface area contributed by atoms with Crippen molar-refractivity contribution in [3.63, 3.8) is 0 Å². The Kier molecular flexibility index (Phi) is 4.87. The molecule has 0 unspecified atom stereocenters. The van der Waals surface area contributed by atoms with E-state index < -0.39 is 0 Å². The van der Waals surface area contributed by atoms with Gasteiger partial charge < -0.3 is 9.64 Å². The normalized spacial score (nSPS) is 21.0. The Bertz CT molecular complexity index is 441. The lowest BCUT2D eigenvalue weighted by atomic mass is 9.96. The number of esters is 1. The van der Waals surface area contributed by atoms with Crippen molar-refractivity contribution in [1.29, 1.82) is 5.26 Å². The average Bonchev–Trinajstić information content (AvgIpc) is 3.24. The maximum absolute atomic E-state index is 12.1. The molecule has 0 bridgehead atoms. The third-order valence-corrected chi connectivity index (χ3v) is 4.57. The van der Waals surface area contributed by atoms with E-state index in [0.717, 1.165) is 12.8 Å². The van der Waals surface area contributed by atoms with Gasteiger partial charge in [0.05, 0.1) is 18.6 Å². The molecular formula is C16H24N2O3. The highest BCUT2D eigenvalue weighted by Gasteiger charge is 2.44. The summed E-state index contributed by atoms with van der Waals surface area (Å²) in [6.45, 7) is 5.45. The molecule has 2 aliphatic rings. The molecule has 5 heteroatoms. The van der Waals surface area contributed by atoms with Crippen molar-refractivity contribution in [2.75, 3.05) is 19.7 Å². The molecule has 1 aliphatic heterocycles. The van der Waals surface area contributed by atoms with Crippen LogP contribution in [0.1, 0.15) is 46.0 Å². The van der Waals surface area contributed by atoms with Crippen molar-refractivity contribution in [2.24, 2.45) is 17.3 Å². The van der Waals surface area contributed by atoms with Crippen LogP contribution in [0.25, 0.3) is 0 Å². The molecule has 2 rings (SSSR count). The Morgan fingerprint density at radius 3 is 2.43 bits per heavy atom. The van der Waals surface area contributed by atoms with Crippen molar-refractivity contribution in [3.05, 3.63) is 0 Å². The number of hydrogen-bond acceptors (Lipinski definition) is 4. The number of carbonyl (C=O) groups is 2. The smallest absolute Gasteiger partial charge is 0.309 e. The minimum Gasteiger partial charge on any atom is -0.465 e. The number of carbonyl (C=O) groups excluding carboxylic acids is 2. The standard InChI is InChI=1S/C16H24N2O3/c1-12(2)14(19)18-9-3-13(4-10-18)15(20)21-11-16(5-6-16)7-8-17/h12-13H,3-7,9-11H2,1-2H3. The van der Waals surface area contributed by atoms with E-state index in [2.05, 4.69) is 6.07 Å². The first kappa shape index (κ1) is 15.8. The summed E-state index contributed by atoms with van der Waals surface area (Å²) in [5.74, 6) is -0.0862. The maximum Gasteiger partial charge on any atom is 0.309 e. The monoisotopic (exact) mass is 292 g/mol. The Morgan fingerprint density at radius 2 is 1.95 bits per heavy atom. The molecule has 21 heavy (non-hydrogen) atoms. The molecule has 0 aromatic carbocycles. The number of rotatable bonds is 5. The second-order valence-electron chi connectivity index (χ2n) is 6.70. The first-order valence-electron chi connectivity index (χ1n) is 7.80. The molecule has 1 saturated heterocycles. The fraction of sp³-hybridized carbons (Fsp3) is 0.812. The molecule has 0 radical (unpaired) electrons. The van der Waals surface area contributed by atoms with Crippen molar-refractivity contribution in [2.45, 2.75) is 46.0 Å². The van der Waals surface area contributed by atoms with Crippen molar-refractivity contribution in [3.8, 4) is 6.07 Å². The fourth-order valence-corrected chi connectivity index (χ4v) is 2.76. The summed E-state index contributed by atoms with van der Waals surface area (Å²) in [6.07, 6.45) is 3.80. The molecule has 0 spiro atoms. The van der Waals surface area contributed by atoms with Crippen LogP contribution in [0, 0.1) is 28.6 Å². The van der Waals surface area contributed by atoms with Gasteiger partial charge in [-0.25, -0.2) is 0 Å². The van der Waals surface area contributed by atoms with E-state index in [1.165, 1.54) is 0 Å². The molecule has 0 atom stereocenters. The van der Waals surface area contributed by atoms with Gasteiger partial charge in [0, 0.05) is 30.8 Å². The quantitative estimate of drug-likeness (QED) is 0.728. The largest absolute Gasteiger partial charge is 0.465 e. The van der Waals surface area contributed by atoms with E-state index >= 15 is 0 Å². The van der Waals surface area contributed by atoms with Gasteiger partial charge in [-0.3, -0.25) is 9.59 Å². The fourth-order valence-electron chi connectivity index (χ4n) is 2.76. The van der Waals surface area contributed by atoms with Crippen LogP contribution in [0.3, 0.4) is 0 Å². The number of likely N-dealkylation sites (tertiary alicyclic amines) is 1. The van der Waals surface area contributed by atoms with Crippen LogP contribution < -0.4 is 0 Å². The topological polar surface area (TPSA) is 70.4 Å². The zero-order chi connectivity index (χ0) is 15.5. The van der Waals surface area contributed by atoms with Crippen LogP contribution in [-0.2, 0) is 14.3 Å². The Hall–Kier alpha value is -1.57. The molecule has 5 nitrogen and oxygen atoms in total. The summed E-state index contributed by atoms with van der Waals surface area (Å²) in [5.41, 5.74) is -0.0568. The molecular weight excluding hydrogens is 268 g/mol. The van der Waals surface area contributed by atoms with Gasteiger partial charge in [0.15, 0.2) is 0 Å². The predicted molar refractivity (Wildman–Crippen MR) is 77.0 cm³/mol. The maximum atomic E-state index is 12.1. The summed E-state index contributed by atoms with van der Waals surface area (Å²) < 4.78 is 5.41. The number of amides is 1. The van der Waals surface area contributed by atoms with Crippen molar-refractivity contribution in [1.82, 2.24) is 4.90 Å². The minimum absolute atomic E-state index is 0.00853. The number of piperidine rings is 1. The van der Waals surface area contributed by atoms with Crippen molar-refractivity contribution >= 4 is 11.9 Å². The van der Waals surface area contributed by atoms with E-state index in [4.69, 9.17) is 10.00 Å². The lowest BCUT2D eigenvalue weighted by molar-refractivity contribution is -0.153. The average molecular weight is 292 g/mol. The SMILES string of the molecule is CC(C)C(=O)N1CCC(C(=O)OCC2(CC#N)CC2)CC1. The van der Waals surface area contributed by atoms with E-state index in [-0.39, 0.29) is 29.1 Å². The van der Waals surface area contributed by atoms with Gasteiger partial charge in [0.25, 0.3) is 0 Å². The summed E-state index contributed by atoms with van der Waals surface area (Å²) in [5, 5.41) is 8.75. The van der Waals surface area contributed by atoms with Gasteiger partial charge in [-0.1, -0.05) is 13.8 Å². The second kappa shape index (κ2) is 6.46. The Balaban J connectivity index is 1.73. The molecule has 1 aliphatic carbocycles. The molecule has 116 valence electrons. The lowest BCUT2D eigenvalue weighted by Crippen LogP contribution is -2.42. The van der Waals surface area contributed by atoms with Gasteiger partial charge in [-0.15, -0.1) is 0 Å². The van der Waals surface area contributed by atoms with Gasteiger partial charge in [-0.05, 0) is 25.7 Å². The molecule has 1 saturated carbocycles. The van der Waals surface area contributed by atoms with Gasteiger partial charge in [0.1, 0.15) is 0 Å². The zero-order valence-electron chi connectivity index (χ0n) is 12.9. The number of hydrogen-bond donors (Lipinski definition) is 0. The predicted octanol–water partition coefficient (Wildman–Crippen LogP) is 2.12. The van der Waals surface area contributed by atoms with E-state index in [9.17, 15) is 9.59 Å². The van der Waals surface area contributed by atoms with E-state index in [0.29, 0.717) is 39.0 Å². The second-order valence-corrected chi connectivity index (χ2v) is 6.70. The molecule has 0 N–H and O–H groups in total. The number of nitrogens with zero attached hydrogens (tertiary/aromatic N) is 2. The van der Waals surface area contributed by atoms with E-state index in [1.54, 1.807) is 0 Å². The third kappa shape index (κ3) is 3.96. The first-order valence-corrected chi connectivity index (χ1v) is 7.80. The lowest BCUT2D eigenvalue weighted by Gasteiger charge is -2.32. The minimum atomic E-state index is -0.157. The first-order chi connectivity index (χ1) is 9.97. The van der Waals surface area contributed by atoms with Gasteiger partial charge in [0.2, 0.25) is 5.91 Å². The summed E-state index contributed by atoms with van der Waals surface area (Å²) in [7, 11) is 0. The van der Waals surface area contributed by atoms with Crippen LogP contribution in [0.4, 0.5) is 0 Å². The molecule has 0 aromatic heterocycles. The molecule has 0 aromatic rings.